The Bertz CT molecular complexity index is 828. The summed E-state index contributed by atoms with van der Waals surface area (Å²) < 4.78 is 0. The van der Waals surface area contributed by atoms with Crippen LogP contribution in [-0.4, -0.2) is 45.2 Å². The fraction of sp³-hybridized carbons (Fsp3) is 0.500. The fourth-order valence-electron chi connectivity index (χ4n) is 3.95. The van der Waals surface area contributed by atoms with Crippen LogP contribution in [0.3, 0.4) is 0 Å². The number of aliphatic carboxylic acids is 1. The van der Waals surface area contributed by atoms with Crippen molar-refractivity contribution in [3.63, 3.8) is 0 Å². The van der Waals surface area contributed by atoms with Gasteiger partial charge < -0.3 is 10.4 Å². The maximum atomic E-state index is 12.5. The molecule has 2 aromatic rings. The number of likely N-dealkylation sites (tertiary alicyclic amines) is 1. The van der Waals surface area contributed by atoms with E-state index in [4.69, 9.17) is 5.11 Å². The van der Waals surface area contributed by atoms with E-state index in [1.807, 2.05) is 17.0 Å². The highest BCUT2D eigenvalue weighted by Crippen LogP contribution is 2.35. The highest BCUT2D eigenvalue weighted by atomic mass is 32.1. The Hall–Kier alpha value is -2.19. The first kappa shape index (κ1) is 17.2. The van der Waals surface area contributed by atoms with Gasteiger partial charge >= 0.3 is 5.97 Å². The Morgan fingerprint density at radius 1 is 1.35 bits per heavy atom. The predicted octanol–water partition coefficient (Wildman–Crippen LogP) is 2.11. The molecule has 1 atom stereocenters. The Morgan fingerprint density at radius 3 is 3.08 bits per heavy atom. The maximum Gasteiger partial charge on any atom is 0.317 e. The predicted molar refractivity (Wildman–Crippen MR) is 97.3 cm³/mol. The topological polar surface area (TPSA) is 98.3 Å². The molecular formula is C18H22N4O3S. The molecule has 2 aromatic heterocycles. The van der Waals surface area contributed by atoms with Crippen molar-refractivity contribution in [2.75, 3.05) is 13.1 Å². The fourth-order valence-corrected chi connectivity index (χ4v) is 5.04. The number of hydrogen-bond acceptors (Lipinski definition) is 5. The zero-order valence-corrected chi connectivity index (χ0v) is 15.3. The lowest BCUT2D eigenvalue weighted by atomic mass is 10.2. The van der Waals surface area contributed by atoms with E-state index in [9.17, 15) is 9.59 Å². The molecule has 0 spiro atoms. The maximum absolute atomic E-state index is 12.5. The molecule has 1 unspecified atom stereocenters. The zero-order valence-electron chi connectivity index (χ0n) is 14.5. The summed E-state index contributed by atoms with van der Waals surface area (Å²) in [5.41, 5.74) is 3.39. The summed E-state index contributed by atoms with van der Waals surface area (Å²) in [4.78, 5) is 27.2. The molecule has 8 heteroatoms. The third kappa shape index (κ3) is 3.39. The zero-order chi connectivity index (χ0) is 18.1. The molecule has 1 saturated heterocycles. The first-order valence-electron chi connectivity index (χ1n) is 9.00. The van der Waals surface area contributed by atoms with Crippen molar-refractivity contribution < 1.29 is 14.7 Å². The number of aryl methyl sites for hydroxylation is 1. The number of carboxylic acids is 1. The molecule has 1 aliphatic carbocycles. The number of thiophene rings is 1. The average Bonchev–Trinajstić information content (AvgIpc) is 3.36. The van der Waals surface area contributed by atoms with Gasteiger partial charge in [0, 0.05) is 16.6 Å². The number of fused-ring (bicyclic) bond motifs is 1. The smallest absolute Gasteiger partial charge is 0.317 e. The number of amides is 1. The molecule has 3 heterocycles. The lowest BCUT2D eigenvalue weighted by molar-refractivity contribution is -0.138. The van der Waals surface area contributed by atoms with Gasteiger partial charge in [0.2, 0.25) is 0 Å². The third-order valence-electron chi connectivity index (χ3n) is 5.19. The largest absolute Gasteiger partial charge is 0.480 e. The van der Waals surface area contributed by atoms with Gasteiger partial charge in [0.15, 0.2) is 0 Å². The molecule has 0 saturated carbocycles. The van der Waals surface area contributed by atoms with Gasteiger partial charge in [-0.15, -0.1) is 11.3 Å². The number of H-pyrrole nitrogens is 1. The molecule has 1 aliphatic heterocycles. The number of nitrogens with zero attached hydrogens (tertiary/aromatic N) is 2. The molecule has 1 fully saturated rings. The van der Waals surface area contributed by atoms with Crippen molar-refractivity contribution in [2.45, 2.75) is 44.7 Å². The lowest BCUT2D eigenvalue weighted by Crippen LogP contribution is -2.28. The first-order chi connectivity index (χ1) is 12.6. The van der Waals surface area contributed by atoms with Crippen LogP contribution in [0.15, 0.2) is 12.1 Å². The number of carbonyl (C=O) groups is 2. The number of rotatable bonds is 6. The van der Waals surface area contributed by atoms with Crippen LogP contribution in [0.25, 0.3) is 0 Å². The summed E-state index contributed by atoms with van der Waals surface area (Å²) in [6.45, 7) is 1.28. The molecule has 4 rings (SSSR count). The van der Waals surface area contributed by atoms with E-state index in [0.717, 1.165) is 49.2 Å². The van der Waals surface area contributed by atoms with Crippen LogP contribution >= 0.6 is 11.3 Å². The summed E-state index contributed by atoms with van der Waals surface area (Å²) in [7, 11) is 0. The molecule has 7 nitrogen and oxygen atoms in total. The van der Waals surface area contributed by atoms with Gasteiger partial charge in [-0.2, -0.15) is 5.10 Å². The van der Waals surface area contributed by atoms with Gasteiger partial charge in [-0.1, -0.05) is 0 Å². The van der Waals surface area contributed by atoms with Crippen LogP contribution in [0.1, 0.15) is 56.8 Å². The van der Waals surface area contributed by atoms with E-state index >= 15 is 0 Å². The van der Waals surface area contributed by atoms with E-state index in [2.05, 4.69) is 15.5 Å². The number of aromatic amines is 1. The Morgan fingerprint density at radius 2 is 2.23 bits per heavy atom. The average molecular weight is 374 g/mol. The van der Waals surface area contributed by atoms with Gasteiger partial charge in [-0.05, 0) is 56.3 Å². The number of nitrogens with one attached hydrogen (secondary N) is 2. The molecule has 0 aromatic carbocycles. The van der Waals surface area contributed by atoms with Crippen molar-refractivity contribution in [3.05, 3.63) is 38.8 Å². The van der Waals surface area contributed by atoms with Crippen LogP contribution in [-0.2, 0) is 24.2 Å². The van der Waals surface area contributed by atoms with E-state index in [1.165, 1.54) is 22.6 Å². The Labute approximate surface area is 155 Å². The van der Waals surface area contributed by atoms with E-state index in [0.29, 0.717) is 11.4 Å². The second kappa shape index (κ2) is 7.20. The molecule has 138 valence electrons. The van der Waals surface area contributed by atoms with Crippen molar-refractivity contribution in [2.24, 2.45) is 0 Å². The highest BCUT2D eigenvalue weighted by Gasteiger charge is 2.29. The minimum absolute atomic E-state index is 0.0500. The van der Waals surface area contributed by atoms with Gasteiger partial charge in [-0.3, -0.25) is 19.6 Å². The minimum atomic E-state index is -0.807. The quantitative estimate of drug-likeness (QED) is 0.719. The van der Waals surface area contributed by atoms with Gasteiger partial charge in [0.25, 0.3) is 5.91 Å². The summed E-state index contributed by atoms with van der Waals surface area (Å²) in [6.07, 6.45) is 5.14. The van der Waals surface area contributed by atoms with Crippen molar-refractivity contribution in [3.8, 4) is 0 Å². The standard InChI is InChI=1S/C18H22N4O3S/c23-17(24)10-22-8-2-5-14(22)15-6-7-16(26-15)18(25)19-9-13-11-3-1-4-12(11)20-21-13/h6-7,14H,1-5,8-10H2,(H,19,25)(H,20,21)(H,23,24). The van der Waals surface area contributed by atoms with Crippen molar-refractivity contribution >= 4 is 23.2 Å². The summed E-state index contributed by atoms with van der Waals surface area (Å²) in [5, 5.41) is 19.4. The van der Waals surface area contributed by atoms with Gasteiger partial charge in [-0.25, -0.2) is 0 Å². The number of hydrogen-bond donors (Lipinski definition) is 3. The van der Waals surface area contributed by atoms with Gasteiger partial charge in [0.1, 0.15) is 0 Å². The molecule has 26 heavy (non-hydrogen) atoms. The molecule has 2 aliphatic rings. The molecule has 1 amide bonds. The van der Waals surface area contributed by atoms with E-state index in [-0.39, 0.29) is 18.5 Å². The van der Waals surface area contributed by atoms with Crippen molar-refractivity contribution in [1.82, 2.24) is 20.4 Å². The number of aromatic nitrogens is 2. The molecule has 3 N–H and O–H groups in total. The Kier molecular flexibility index (Phi) is 4.78. The Balaban J connectivity index is 1.39. The monoisotopic (exact) mass is 374 g/mol. The highest BCUT2D eigenvalue weighted by molar-refractivity contribution is 7.14. The SMILES string of the molecule is O=C(O)CN1CCCC1c1ccc(C(=O)NCc2n[nH]c3c2CCC3)s1. The molecule has 0 radical (unpaired) electrons. The summed E-state index contributed by atoms with van der Waals surface area (Å²) in [5.74, 6) is -0.906. The molecular weight excluding hydrogens is 352 g/mol. The first-order valence-corrected chi connectivity index (χ1v) is 9.82. The van der Waals surface area contributed by atoms with Crippen LogP contribution in [0, 0.1) is 0 Å². The summed E-state index contributed by atoms with van der Waals surface area (Å²) in [6, 6.07) is 3.89. The van der Waals surface area contributed by atoms with E-state index < -0.39 is 5.97 Å². The van der Waals surface area contributed by atoms with Crippen LogP contribution in [0.4, 0.5) is 0 Å². The van der Waals surface area contributed by atoms with Crippen molar-refractivity contribution in [1.29, 1.82) is 0 Å². The van der Waals surface area contributed by atoms with Crippen LogP contribution < -0.4 is 5.32 Å². The second-order valence-corrected chi connectivity index (χ2v) is 8.00. The van der Waals surface area contributed by atoms with Crippen LogP contribution in [0.2, 0.25) is 0 Å². The minimum Gasteiger partial charge on any atom is -0.480 e. The molecule has 0 bridgehead atoms. The second-order valence-electron chi connectivity index (χ2n) is 6.89. The van der Waals surface area contributed by atoms with Crippen LogP contribution in [0.5, 0.6) is 0 Å². The lowest BCUT2D eigenvalue weighted by Gasteiger charge is -2.21. The van der Waals surface area contributed by atoms with Gasteiger partial charge in [0.05, 0.1) is 23.7 Å². The van der Waals surface area contributed by atoms with E-state index in [1.54, 1.807) is 0 Å². The normalized spacial score (nSPS) is 19.6. The number of carbonyl (C=O) groups excluding carboxylic acids is 1. The summed E-state index contributed by atoms with van der Waals surface area (Å²) >= 11 is 1.46. The number of carboxylic acid groups (broad SMARTS) is 1. The third-order valence-corrected chi connectivity index (χ3v) is 6.37.